The van der Waals surface area contributed by atoms with Crippen LogP contribution in [0, 0.1) is 13.8 Å². The number of halogens is 1. The second-order valence-corrected chi connectivity index (χ2v) is 9.76. The summed E-state index contributed by atoms with van der Waals surface area (Å²) in [5.74, 6) is 1.97. The lowest BCUT2D eigenvalue weighted by molar-refractivity contribution is 0.866. The van der Waals surface area contributed by atoms with Crippen molar-refractivity contribution < 1.29 is 0 Å². The fourth-order valence-corrected chi connectivity index (χ4v) is 6.53. The van der Waals surface area contributed by atoms with E-state index in [2.05, 4.69) is 32.7 Å². The molecule has 108 valence electrons. The van der Waals surface area contributed by atoms with Gasteiger partial charge in [-0.3, -0.25) is 0 Å². The highest BCUT2D eigenvalue weighted by molar-refractivity contribution is 8.07. The van der Waals surface area contributed by atoms with Crippen molar-refractivity contribution in [3.05, 3.63) is 21.4 Å². The molecule has 3 heterocycles. The maximum absolute atomic E-state index is 6.40. The predicted octanol–water partition coefficient (Wildman–Crippen LogP) is 5.26. The SMILES string of the molecule is Cc1sc2nc(C3CSC(C)C(C)S3)nc(Cl)c2c1C. The molecule has 2 aromatic rings. The van der Waals surface area contributed by atoms with Crippen molar-refractivity contribution in [2.75, 3.05) is 5.75 Å². The van der Waals surface area contributed by atoms with Crippen LogP contribution in [0.4, 0.5) is 0 Å². The van der Waals surface area contributed by atoms with E-state index >= 15 is 0 Å². The molecule has 3 unspecified atom stereocenters. The van der Waals surface area contributed by atoms with Crippen LogP contribution in [-0.4, -0.2) is 26.2 Å². The monoisotopic (exact) mass is 344 g/mol. The van der Waals surface area contributed by atoms with Crippen LogP contribution in [-0.2, 0) is 0 Å². The highest BCUT2D eigenvalue weighted by Crippen LogP contribution is 2.44. The first-order valence-corrected chi connectivity index (χ1v) is 9.86. The van der Waals surface area contributed by atoms with Crippen LogP contribution in [0.2, 0.25) is 5.15 Å². The van der Waals surface area contributed by atoms with Gasteiger partial charge >= 0.3 is 0 Å². The third-order valence-electron chi connectivity index (χ3n) is 3.84. The van der Waals surface area contributed by atoms with E-state index in [9.17, 15) is 0 Å². The van der Waals surface area contributed by atoms with E-state index in [0.29, 0.717) is 20.9 Å². The quantitative estimate of drug-likeness (QED) is 0.659. The number of nitrogens with zero attached hydrogens (tertiary/aromatic N) is 2. The molecule has 0 amide bonds. The molecule has 3 rings (SSSR count). The number of aryl methyl sites for hydroxylation is 2. The van der Waals surface area contributed by atoms with Crippen LogP contribution in [0.25, 0.3) is 10.2 Å². The molecule has 1 aliphatic rings. The highest BCUT2D eigenvalue weighted by Gasteiger charge is 2.29. The summed E-state index contributed by atoms with van der Waals surface area (Å²) in [6.45, 7) is 8.79. The fourth-order valence-electron chi connectivity index (χ4n) is 2.28. The molecule has 1 aliphatic heterocycles. The summed E-state index contributed by atoms with van der Waals surface area (Å²) in [7, 11) is 0. The Morgan fingerprint density at radius 2 is 1.90 bits per heavy atom. The topological polar surface area (TPSA) is 25.8 Å². The highest BCUT2D eigenvalue weighted by atomic mass is 35.5. The van der Waals surface area contributed by atoms with Gasteiger partial charge in [0.25, 0.3) is 0 Å². The van der Waals surface area contributed by atoms with Crippen LogP contribution >= 0.6 is 46.5 Å². The molecule has 6 heteroatoms. The second kappa shape index (κ2) is 5.67. The van der Waals surface area contributed by atoms with Crippen LogP contribution in [0.3, 0.4) is 0 Å². The molecule has 0 bridgehead atoms. The van der Waals surface area contributed by atoms with Crippen molar-refractivity contribution in [2.45, 2.75) is 43.4 Å². The lowest BCUT2D eigenvalue weighted by atomic mass is 10.2. The molecule has 2 nitrogen and oxygen atoms in total. The molecule has 0 saturated carbocycles. The van der Waals surface area contributed by atoms with Gasteiger partial charge in [0.05, 0.1) is 10.6 Å². The van der Waals surface area contributed by atoms with Gasteiger partial charge in [-0.25, -0.2) is 9.97 Å². The van der Waals surface area contributed by atoms with E-state index in [-0.39, 0.29) is 0 Å². The summed E-state index contributed by atoms with van der Waals surface area (Å²) < 4.78 is 0. The second-order valence-electron chi connectivity index (χ2n) is 5.20. The summed E-state index contributed by atoms with van der Waals surface area (Å²) in [5, 5.41) is 3.33. The maximum atomic E-state index is 6.40. The zero-order valence-corrected chi connectivity index (χ0v) is 15.1. The van der Waals surface area contributed by atoms with Crippen molar-refractivity contribution in [3.63, 3.8) is 0 Å². The molecule has 2 aromatic heterocycles. The number of aromatic nitrogens is 2. The molecule has 0 N–H and O–H groups in total. The summed E-state index contributed by atoms with van der Waals surface area (Å²) >= 11 is 12.1. The molecule has 1 fully saturated rings. The molecule has 3 atom stereocenters. The minimum atomic E-state index is 0.357. The van der Waals surface area contributed by atoms with E-state index in [1.807, 2.05) is 23.5 Å². The number of hydrogen-bond donors (Lipinski definition) is 0. The summed E-state index contributed by atoms with van der Waals surface area (Å²) in [5.41, 5.74) is 1.22. The third kappa shape index (κ3) is 2.58. The van der Waals surface area contributed by atoms with Crippen molar-refractivity contribution in [2.24, 2.45) is 0 Å². The first-order valence-electron chi connectivity index (χ1n) is 6.67. The fraction of sp³-hybridized carbons (Fsp3) is 0.571. The van der Waals surface area contributed by atoms with Gasteiger partial charge in [-0.05, 0) is 19.4 Å². The lowest BCUT2D eigenvalue weighted by Crippen LogP contribution is -2.23. The van der Waals surface area contributed by atoms with E-state index in [0.717, 1.165) is 21.8 Å². The Bertz CT molecular complexity index is 655. The molecular formula is C14H17ClN2S3. The molecule has 0 spiro atoms. The number of fused-ring (bicyclic) bond motifs is 1. The Hall–Kier alpha value is 0.0300. The largest absolute Gasteiger partial charge is 0.221 e. The van der Waals surface area contributed by atoms with Crippen molar-refractivity contribution in [1.82, 2.24) is 9.97 Å². The smallest absolute Gasteiger partial charge is 0.145 e. The minimum absolute atomic E-state index is 0.357. The molecule has 1 saturated heterocycles. The van der Waals surface area contributed by atoms with Gasteiger partial charge in [-0.15, -0.1) is 23.1 Å². The number of thiophene rings is 1. The Labute approximate surface area is 137 Å². The van der Waals surface area contributed by atoms with E-state index in [4.69, 9.17) is 16.6 Å². The zero-order chi connectivity index (χ0) is 14.4. The van der Waals surface area contributed by atoms with Crippen LogP contribution in [0.1, 0.15) is 35.4 Å². The molecule has 0 radical (unpaired) electrons. The molecular weight excluding hydrogens is 328 g/mol. The van der Waals surface area contributed by atoms with E-state index < -0.39 is 0 Å². The average Bonchev–Trinajstić information content (AvgIpc) is 2.68. The van der Waals surface area contributed by atoms with Crippen LogP contribution in [0.5, 0.6) is 0 Å². The number of hydrogen-bond acceptors (Lipinski definition) is 5. The first kappa shape index (κ1) is 14.9. The van der Waals surface area contributed by atoms with Crippen LogP contribution in [0.15, 0.2) is 0 Å². The zero-order valence-electron chi connectivity index (χ0n) is 11.9. The average molecular weight is 345 g/mol. The minimum Gasteiger partial charge on any atom is -0.221 e. The third-order valence-corrected chi connectivity index (χ3v) is 8.60. The van der Waals surface area contributed by atoms with Crippen molar-refractivity contribution >= 4 is 56.7 Å². The van der Waals surface area contributed by atoms with Gasteiger partial charge < -0.3 is 0 Å². The van der Waals surface area contributed by atoms with Crippen LogP contribution < -0.4 is 0 Å². The Kier molecular flexibility index (Phi) is 4.24. The normalized spacial score (nSPS) is 27.1. The number of rotatable bonds is 1. The van der Waals surface area contributed by atoms with Crippen molar-refractivity contribution in [1.29, 1.82) is 0 Å². The van der Waals surface area contributed by atoms with Gasteiger partial charge in [0, 0.05) is 21.1 Å². The first-order chi connectivity index (χ1) is 9.47. The Morgan fingerprint density at radius 3 is 2.60 bits per heavy atom. The molecule has 20 heavy (non-hydrogen) atoms. The molecule has 0 aliphatic carbocycles. The van der Waals surface area contributed by atoms with Crippen molar-refractivity contribution in [3.8, 4) is 0 Å². The number of thioether (sulfide) groups is 2. The van der Waals surface area contributed by atoms with Gasteiger partial charge in [0.1, 0.15) is 15.8 Å². The predicted molar refractivity (Wildman–Crippen MR) is 93.6 cm³/mol. The van der Waals surface area contributed by atoms with Gasteiger partial charge in [0.2, 0.25) is 0 Å². The van der Waals surface area contributed by atoms with Gasteiger partial charge in [-0.1, -0.05) is 25.4 Å². The standard InChI is InChI=1S/C14H17ClN2S3/c1-6-7(2)20-14-11(6)12(15)16-13(17-14)10-5-18-8(3)9(4)19-10/h8-10H,5H2,1-4H3. The summed E-state index contributed by atoms with van der Waals surface area (Å²) in [4.78, 5) is 11.7. The summed E-state index contributed by atoms with van der Waals surface area (Å²) in [6, 6.07) is 0. The van der Waals surface area contributed by atoms with Gasteiger partial charge in [0.15, 0.2) is 0 Å². The van der Waals surface area contributed by atoms with Gasteiger partial charge in [-0.2, -0.15) is 11.8 Å². The Morgan fingerprint density at radius 1 is 1.15 bits per heavy atom. The Balaban J connectivity index is 2.01. The maximum Gasteiger partial charge on any atom is 0.145 e. The van der Waals surface area contributed by atoms with E-state index in [1.165, 1.54) is 10.4 Å². The lowest BCUT2D eigenvalue weighted by Gasteiger charge is -2.30. The summed E-state index contributed by atoms with van der Waals surface area (Å²) in [6.07, 6.45) is 0. The van der Waals surface area contributed by atoms with E-state index in [1.54, 1.807) is 11.3 Å². The molecule has 0 aromatic carbocycles.